The number of ketones is 1. The summed E-state index contributed by atoms with van der Waals surface area (Å²) in [6.07, 6.45) is 2.22. The van der Waals surface area contributed by atoms with Gasteiger partial charge in [0.15, 0.2) is 10.9 Å². The van der Waals surface area contributed by atoms with E-state index in [4.69, 9.17) is 4.74 Å². The zero-order valence-electron chi connectivity index (χ0n) is 18.3. The predicted octanol–water partition coefficient (Wildman–Crippen LogP) is 3.97. The SMILES string of the molecule is Cc1cc(C(=O)CSc2nnc(N3CCOCC3)n2C2CC2)c(C)n1-c1ccccc1F. The van der Waals surface area contributed by atoms with E-state index in [-0.39, 0.29) is 17.4 Å². The topological polar surface area (TPSA) is 65.2 Å². The number of rotatable bonds is 7. The lowest BCUT2D eigenvalue weighted by Gasteiger charge is -2.27. The van der Waals surface area contributed by atoms with Gasteiger partial charge in [-0.05, 0) is 44.9 Å². The van der Waals surface area contributed by atoms with Gasteiger partial charge in [0.25, 0.3) is 0 Å². The zero-order chi connectivity index (χ0) is 22.2. The van der Waals surface area contributed by atoms with Crippen LogP contribution in [0.3, 0.4) is 0 Å². The lowest BCUT2D eigenvalue weighted by molar-refractivity contribution is 0.102. The van der Waals surface area contributed by atoms with Gasteiger partial charge in [-0.3, -0.25) is 9.36 Å². The van der Waals surface area contributed by atoms with E-state index in [9.17, 15) is 9.18 Å². The van der Waals surface area contributed by atoms with E-state index < -0.39 is 0 Å². The van der Waals surface area contributed by atoms with E-state index in [0.717, 1.165) is 48.4 Å². The molecule has 2 fully saturated rings. The summed E-state index contributed by atoms with van der Waals surface area (Å²) < 4.78 is 23.8. The Labute approximate surface area is 190 Å². The Hall–Kier alpha value is -2.65. The standard InChI is InChI=1S/C23H26FN5O2S/c1-15-13-18(16(2)28(15)20-6-4-3-5-19(20)24)21(30)14-32-23-26-25-22(29(23)17-7-8-17)27-9-11-31-12-10-27/h3-6,13,17H,7-12,14H2,1-2H3. The first-order valence-corrected chi connectivity index (χ1v) is 11.9. The normalized spacial score (nSPS) is 16.5. The van der Waals surface area contributed by atoms with Crippen LogP contribution in [0.2, 0.25) is 0 Å². The number of hydrogen-bond acceptors (Lipinski definition) is 6. The Balaban J connectivity index is 1.35. The second-order valence-electron chi connectivity index (χ2n) is 8.27. The number of morpholine rings is 1. The van der Waals surface area contributed by atoms with Gasteiger partial charge in [0, 0.05) is 36.1 Å². The molecule has 1 aromatic carbocycles. The molecule has 3 aromatic rings. The van der Waals surface area contributed by atoms with Crippen LogP contribution in [0.15, 0.2) is 35.5 Å². The van der Waals surface area contributed by atoms with Crippen LogP contribution >= 0.6 is 11.8 Å². The maximum Gasteiger partial charge on any atom is 0.228 e. The van der Waals surface area contributed by atoms with Crippen LogP contribution in [-0.2, 0) is 4.74 Å². The Kier molecular flexibility index (Phi) is 5.77. The fourth-order valence-corrected chi connectivity index (χ4v) is 5.14. The maximum atomic E-state index is 14.4. The average molecular weight is 456 g/mol. The van der Waals surface area contributed by atoms with Crippen LogP contribution in [0.1, 0.15) is 40.6 Å². The Morgan fingerprint density at radius 2 is 1.94 bits per heavy atom. The lowest BCUT2D eigenvalue weighted by Crippen LogP contribution is -2.38. The quantitative estimate of drug-likeness (QED) is 0.397. The minimum Gasteiger partial charge on any atom is -0.378 e. The van der Waals surface area contributed by atoms with Crippen LogP contribution in [0.4, 0.5) is 10.3 Å². The molecule has 32 heavy (non-hydrogen) atoms. The van der Waals surface area contributed by atoms with Crippen LogP contribution in [0, 0.1) is 19.7 Å². The van der Waals surface area contributed by atoms with Gasteiger partial charge in [-0.15, -0.1) is 10.2 Å². The molecule has 0 N–H and O–H groups in total. The molecule has 2 aromatic heterocycles. The van der Waals surface area contributed by atoms with Crippen molar-refractivity contribution >= 4 is 23.5 Å². The minimum atomic E-state index is -0.309. The Bertz CT molecular complexity index is 1150. The molecule has 1 saturated carbocycles. The van der Waals surface area contributed by atoms with Crippen LogP contribution in [0.25, 0.3) is 5.69 Å². The first-order valence-electron chi connectivity index (χ1n) is 10.9. The molecule has 0 radical (unpaired) electrons. The largest absolute Gasteiger partial charge is 0.378 e. The number of hydrogen-bond donors (Lipinski definition) is 0. The molecule has 0 spiro atoms. The Morgan fingerprint density at radius 3 is 2.66 bits per heavy atom. The fraction of sp³-hybridized carbons (Fsp3) is 0.435. The lowest BCUT2D eigenvalue weighted by atomic mass is 10.2. The van der Waals surface area contributed by atoms with Crippen molar-refractivity contribution in [2.75, 3.05) is 37.0 Å². The summed E-state index contributed by atoms with van der Waals surface area (Å²) in [5, 5.41) is 9.63. The highest BCUT2D eigenvalue weighted by Gasteiger charge is 2.32. The van der Waals surface area contributed by atoms with Gasteiger partial charge in [0.2, 0.25) is 5.95 Å². The average Bonchev–Trinajstić information content (AvgIpc) is 3.48. The summed E-state index contributed by atoms with van der Waals surface area (Å²) in [4.78, 5) is 15.3. The van der Waals surface area contributed by atoms with Crippen LogP contribution < -0.4 is 4.90 Å². The van der Waals surface area contributed by atoms with Gasteiger partial charge in [0.1, 0.15) is 5.82 Å². The molecule has 168 valence electrons. The van der Waals surface area contributed by atoms with Gasteiger partial charge in [-0.1, -0.05) is 23.9 Å². The molecule has 1 aliphatic heterocycles. The van der Waals surface area contributed by atoms with E-state index in [2.05, 4.69) is 19.7 Å². The molecule has 9 heteroatoms. The molecule has 0 amide bonds. The molecular weight excluding hydrogens is 429 g/mol. The minimum absolute atomic E-state index is 0.00367. The summed E-state index contributed by atoms with van der Waals surface area (Å²) >= 11 is 1.42. The predicted molar refractivity (Wildman–Crippen MR) is 122 cm³/mol. The number of aromatic nitrogens is 4. The third kappa shape index (κ3) is 3.95. The number of thioether (sulfide) groups is 1. The summed E-state index contributed by atoms with van der Waals surface area (Å²) in [5.41, 5.74) is 2.65. The van der Waals surface area contributed by atoms with E-state index in [1.807, 2.05) is 19.9 Å². The molecule has 0 bridgehead atoms. The number of carbonyl (C=O) groups is 1. The molecule has 3 heterocycles. The first kappa shape index (κ1) is 21.2. The second kappa shape index (κ2) is 8.71. The number of ether oxygens (including phenoxy) is 1. The summed E-state index contributed by atoms with van der Waals surface area (Å²) in [6, 6.07) is 8.87. The number of aryl methyl sites for hydroxylation is 1. The second-order valence-corrected chi connectivity index (χ2v) is 9.21. The van der Waals surface area contributed by atoms with Crippen molar-refractivity contribution in [1.82, 2.24) is 19.3 Å². The summed E-state index contributed by atoms with van der Waals surface area (Å²) in [6.45, 7) is 6.74. The van der Waals surface area contributed by atoms with Crippen molar-refractivity contribution in [2.45, 2.75) is 37.9 Å². The molecule has 5 rings (SSSR count). The highest BCUT2D eigenvalue weighted by atomic mass is 32.2. The number of halogens is 1. The Morgan fingerprint density at radius 1 is 1.19 bits per heavy atom. The molecule has 1 aliphatic carbocycles. The van der Waals surface area contributed by atoms with Crippen molar-refractivity contribution in [3.63, 3.8) is 0 Å². The van der Waals surface area contributed by atoms with E-state index in [0.29, 0.717) is 30.5 Å². The molecular formula is C23H26FN5O2S. The molecule has 0 unspecified atom stereocenters. The van der Waals surface area contributed by atoms with Gasteiger partial charge in [-0.25, -0.2) is 4.39 Å². The number of para-hydroxylation sites is 1. The van der Waals surface area contributed by atoms with Crippen molar-refractivity contribution in [1.29, 1.82) is 0 Å². The number of nitrogens with zero attached hydrogens (tertiary/aromatic N) is 5. The highest BCUT2D eigenvalue weighted by molar-refractivity contribution is 7.99. The van der Waals surface area contributed by atoms with Crippen molar-refractivity contribution in [3.05, 3.63) is 53.1 Å². The van der Waals surface area contributed by atoms with Gasteiger partial charge in [0.05, 0.1) is 24.7 Å². The van der Waals surface area contributed by atoms with Crippen molar-refractivity contribution in [2.24, 2.45) is 0 Å². The van der Waals surface area contributed by atoms with E-state index in [1.54, 1.807) is 22.8 Å². The van der Waals surface area contributed by atoms with Gasteiger partial charge >= 0.3 is 0 Å². The smallest absolute Gasteiger partial charge is 0.228 e. The number of Topliss-reactive ketones (excluding diaryl/α,β-unsaturated/α-hetero) is 1. The summed E-state index contributed by atoms with van der Waals surface area (Å²) in [7, 11) is 0. The summed E-state index contributed by atoms with van der Waals surface area (Å²) in [5.74, 6) is 0.832. The third-order valence-electron chi connectivity index (χ3n) is 6.01. The maximum absolute atomic E-state index is 14.4. The fourth-order valence-electron chi connectivity index (χ4n) is 4.26. The van der Waals surface area contributed by atoms with E-state index >= 15 is 0 Å². The molecule has 7 nitrogen and oxygen atoms in total. The van der Waals surface area contributed by atoms with E-state index in [1.165, 1.54) is 17.8 Å². The van der Waals surface area contributed by atoms with Crippen molar-refractivity contribution < 1.29 is 13.9 Å². The zero-order valence-corrected chi connectivity index (χ0v) is 19.1. The first-order chi connectivity index (χ1) is 15.5. The highest BCUT2D eigenvalue weighted by Crippen LogP contribution is 2.41. The van der Waals surface area contributed by atoms with Crippen molar-refractivity contribution in [3.8, 4) is 5.69 Å². The third-order valence-corrected chi connectivity index (χ3v) is 6.95. The molecule has 1 saturated heterocycles. The monoisotopic (exact) mass is 455 g/mol. The van der Waals surface area contributed by atoms with Crippen LogP contribution in [-0.4, -0.2) is 57.2 Å². The number of anilines is 1. The van der Waals surface area contributed by atoms with Gasteiger partial charge < -0.3 is 14.2 Å². The number of carbonyl (C=O) groups excluding carboxylic acids is 1. The van der Waals surface area contributed by atoms with Crippen LogP contribution in [0.5, 0.6) is 0 Å². The molecule has 2 aliphatic rings. The number of benzene rings is 1. The molecule has 0 atom stereocenters. The van der Waals surface area contributed by atoms with Gasteiger partial charge in [-0.2, -0.15) is 0 Å².